The Morgan fingerprint density at radius 3 is 2.15 bits per heavy atom. The van der Waals surface area contributed by atoms with Crippen LogP contribution in [0, 0.1) is 0 Å². The molecule has 0 atom stereocenters. The van der Waals surface area contributed by atoms with Crippen molar-refractivity contribution in [3.63, 3.8) is 0 Å². The van der Waals surface area contributed by atoms with Crippen molar-refractivity contribution in [1.29, 1.82) is 0 Å². The Hall–Kier alpha value is -2.55. The molecule has 2 aromatic rings. The maximum absolute atomic E-state index is 11.8. The van der Waals surface area contributed by atoms with Crippen LogP contribution in [0.5, 0.6) is 0 Å². The van der Waals surface area contributed by atoms with E-state index in [0.29, 0.717) is 18.4 Å². The number of carbonyl (C=O) groups is 1. The van der Waals surface area contributed by atoms with Crippen LogP contribution < -0.4 is 5.32 Å². The molecule has 3 nitrogen and oxygen atoms in total. The van der Waals surface area contributed by atoms with Crippen molar-refractivity contribution in [2.24, 2.45) is 0 Å². The number of alkyl carbamates (subject to hydrolysis) is 1. The number of carbonyl (C=O) groups excluding carboxylic acids is 1. The van der Waals surface area contributed by atoms with Gasteiger partial charge in [0.1, 0.15) is 6.61 Å². The minimum atomic E-state index is -0.403. The number of amides is 1. The summed E-state index contributed by atoms with van der Waals surface area (Å²) in [5, 5.41) is 2.77. The molecule has 1 amide bonds. The first kappa shape index (κ1) is 19.8. The zero-order valence-electron chi connectivity index (χ0n) is 16.2. The molecule has 0 saturated carbocycles. The lowest BCUT2D eigenvalue weighted by Crippen LogP contribution is -2.24. The van der Waals surface area contributed by atoms with Gasteiger partial charge in [-0.15, -0.1) is 0 Å². The maximum atomic E-state index is 11.8. The van der Waals surface area contributed by atoms with Gasteiger partial charge in [-0.25, -0.2) is 4.79 Å². The van der Waals surface area contributed by atoms with Crippen molar-refractivity contribution in [2.45, 2.75) is 46.1 Å². The summed E-state index contributed by atoms with van der Waals surface area (Å²) in [4.78, 5) is 11.8. The highest BCUT2D eigenvalue weighted by molar-refractivity contribution is 5.68. The molecule has 0 bridgehead atoms. The van der Waals surface area contributed by atoms with Crippen LogP contribution in [0.15, 0.2) is 54.6 Å². The number of hydrogen-bond acceptors (Lipinski definition) is 2. The molecule has 0 aliphatic heterocycles. The van der Waals surface area contributed by atoms with Crippen molar-refractivity contribution >= 4 is 12.2 Å². The van der Waals surface area contributed by atoms with Crippen molar-refractivity contribution in [2.75, 3.05) is 6.54 Å². The summed E-state index contributed by atoms with van der Waals surface area (Å²) in [5.41, 5.74) is 4.90. The van der Waals surface area contributed by atoms with Crippen molar-refractivity contribution in [3.8, 4) is 0 Å². The van der Waals surface area contributed by atoms with Crippen molar-refractivity contribution < 1.29 is 9.53 Å². The average Bonchev–Trinajstić information content (AvgIpc) is 2.64. The molecule has 2 aromatic carbocycles. The molecule has 0 aromatic heterocycles. The third-order valence-corrected chi connectivity index (χ3v) is 4.28. The Morgan fingerprint density at radius 1 is 0.962 bits per heavy atom. The fraction of sp³-hybridized carbons (Fsp3) is 0.348. The predicted molar refractivity (Wildman–Crippen MR) is 108 cm³/mol. The second kappa shape index (κ2) is 9.81. The molecule has 0 fully saturated rings. The molecule has 0 heterocycles. The van der Waals surface area contributed by atoms with E-state index in [1.807, 2.05) is 36.4 Å². The normalized spacial score (nSPS) is 11.3. The van der Waals surface area contributed by atoms with E-state index in [0.717, 1.165) is 5.56 Å². The van der Waals surface area contributed by atoms with Crippen LogP contribution in [-0.4, -0.2) is 12.6 Å². The van der Waals surface area contributed by atoms with Crippen LogP contribution in [-0.2, 0) is 11.3 Å². The lowest BCUT2D eigenvalue weighted by atomic mass is 9.88. The first-order chi connectivity index (χ1) is 12.5. The fourth-order valence-electron chi connectivity index (χ4n) is 2.89. The minimum Gasteiger partial charge on any atom is -0.445 e. The molecular weight excluding hydrogens is 322 g/mol. The molecule has 138 valence electrons. The van der Waals surface area contributed by atoms with Gasteiger partial charge in [0, 0.05) is 6.54 Å². The van der Waals surface area contributed by atoms with Crippen molar-refractivity contribution in [3.05, 3.63) is 76.9 Å². The van der Waals surface area contributed by atoms with E-state index >= 15 is 0 Å². The molecule has 0 saturated heterocycles. The van der Waals surface area contributed by atoms with Gasteiger partial charge in [-0.2, -0.15) is 0 Å². The van der Waals surface area contributed by atoms with Crippen LogP contribution in [0.1, 0.15) is 61.8 Å². The Bertz CT molecular complexity index is 707. The third-order valence-electron chi connectivity index (χ3n) is 4.28. The highest BCUT2D eigenvalue weighted by atomic mass is 16.5. The average molecular weight is 351 g/mol. The Labute approximate surface area is 157 Å². The van der Waals surface area contributed by atoms with E-state index in [1.54, 1.807) is 0 Å². The number of hydrogen-bond donors (Lipinski definition) is 1. The molecule has 26 heavy (non-hydrogen) atoms. The van der Waals surface area contributed by atoms with E-state index in [-0.39, 0.29) is 6.61 Å². The number of benzene rings is 2. The van der Waals surface area contributed by atoms with Gasteiger partial charge in [0.05, 0.1) is 0 Å². The van der Waals surface area contributed by atoms with Gasteiger partial charge >= 0.3 is 6.09 Å². The summed E-state index contributed by atoms with van der Waals surface area (Å²) < 4.78 is 5.22. The lowest BCUT2D eigenvalue weighted by Gasteiger charge is -2.17. The minimum absolute atomic E-state index is 0.282. The summed E-state index contributed by atoms with van der Waals surface area (Å²) in [6.07, 6.45) is 3.69. The second-order valence-corrected chi connectivity index (χ2v) is 7.00. The molecular formula is C23H29NO2. The molecule has 0 unspecified atom stereocenters. The molecule has 0 radical (unpaired) electrons. The van der Waals surface area contributed by atoms with Gasteiger partial charge in [0.2, 0.25) is 0 Å². The van der Waals surface area contributed by atoms with Crippen LogP contribution in [0.2, 0.25) is 0 Å². The summed E-state index contributed by atoms with van der Waals surface area (Å²) >= 11 is 0. The summed E-state index contributed by atoms with van der Waals surface area (Å²) in [6, 6.07) is 16.1. The van der Waals surface area contributed by atoms with Gasteiger partial charge in [0.25, 0.3) is 0 Å². The van der Waals surface area contributed by atoms with E-state index < -0.39 is 6.09 Å². The number of rotatable bonds is 7. The monoisotopic (exact) mass is 351 g/mol. The van der Waals surface area contributed by atoms with Crippen LogP contribution in [0.4, 0.5) is 4.79 Å². The summed E-state index contributed by atoms with van der Waals surface area (Å²) in [5.74, 6) is 0.911. The van der Waals surface area contributed by atoms with Gasteiger partial charge in [-0.05, 0) is 34.1 Å². The molecule has 3 heteroatoms. The maximum Gasteiger partial charge on any atom is 0.407 e. The second-order valence-electron chi connectivity index (χ2n) is 7.00. The Morgan fingerprint density at radius 2 is 1.58 bits per heavy atom. The molecule has 0 aliphatic rings. The van der Waals surface area contributed by atoms with Crippen LogP contribution in [0.25, 0.3) is 6.08 Å². The SMILES string of the molecule is CC(C)c1cccc(C(C)C)c1C=CCNC(=O)OCc1ccccc1. The smallest absolute Gasteiger partial charge is 0.407 e. The lowest BCUT2D eigenvalue weighted by molar-refractivity contribution is 0.141. The Kier molecular flexibility index (Phi) is 7.46. The quantitative estimate of drug-likeness (QED) is 0.677. The summed E-state index contributed by atoms with van der Waals surface area (Å²) in [6.45, 7) is 9.54. The van der Waals surface area contributed by atoms with Gasteiger partial charge < -0.3 is 10.1 Å². The molecule has 2 rings (SSSR count). The summed E-state index contributed by atoms with van der Waals surface area (Å²) in [7, 11) is 0. The molecule has 0 spiro atoms. The largest absolute Gasteiger partial charge is 0.445 e. The number of ether oxygens (including phenoxy) is 1. The molecule has 0 aliphatic carbocycles. The highest BCUT2D eigenvalue weighted by Gasteiger charge is 2.11. The zero-order valence-corrected chi connectivity index (χ0v) is 16.2. The van der Waals surface area contributed by atoms with Crippen LogP contribution >= 0.6 is 0 Å². The van der Waals surface area contributed by atoms with E-state index in [1.165, 1.54) is 16.7 Å². The van der Waals surface area contributed by atoms with Crippen molar-refractivity contribution in [1.82, 2.24) is 5.32 Å². The first-order valence-electron chi connectivity index (χ1n) is 9.23. The Balaban J connectivity index is 1.93. The highest BCUT2D eigenvalue weighted by Crippen LogP contribution is 2.28. The zero-order chi connectivity index (χ0) is 18.9. The third kappa shape index (κ3) is 5.76. The van der Waals surface area contributed by atoms with Gasteiger partial charge in [-0.1, -0.05) is 88.4 Å². The van der Waals surface area contributed by atoms with Gasteiger partial charge in [0.15, 0.2) is 0 Å². The van der Waals surface area contributed by atoms with Gasteiger partial charge in [-0.3, -0.25) is 0 Å². The predicted octanol–water partition coefficient (Wildman–Crippen LogP) is 5.87. The molecule has 1 N–H and O–H groups in total. The number of nitrogens with one attached hydrogen (secondary N) is 1. The first-order valence-corrected chi connectivity index (χ1v) is 9.23. The standard InChI is InChI=1S/C23H29NO2/c1-17(2)20-12-8-13-21(18(3)4)22(20)14-9-15-24-23(25)26-16-19-10-6-5-7-11-19/h5-14,17-18H,15-16H2,1-4H3,(H,24,25). The van der Waals surface area contributed by atoms with Crippen LogP contribution in [0.3, 0.4) is 0 Å². The van der Waals surface area contributed by atoms with E-state index in [4.69, 9.17) is 4.74 Å². The van der Waals surface area contributed by atoms with E-state index in [9.17, 15) is 4.79 Å². The van der Waals surface area contributed by atoms with E-state index in [2.05, 4.69) is 57.3 Å². The fourth-order valence-corrected chi connectivity index (χ4v) is 2.89. The topological polar surface area (TPSA) is 38.3 Å².